The van der Waals surface area contributed by atoms with Crippen molar-refractivity contribution in [1.82, 2.24) is 19.7 Å². The molecular formula is C28H27N5O2S2. The molecule has 0 atom stereocenters. The molecule has 0 aliphatic carbocycles. The highest BCUT2D eigenvalue weighted by Crippen LogP contribution is 2.31. The topological polar surface area (TPSA) is 81.9 Å². The molecule has 9 heteroatoms. The van der Waals surface area contributed by atoms with Crippen molar-refractivity contribution in [3.8, 4) is 17.0 Å². The van der Waals surface area contributed by atoms with Crippen LogP contribution in [0.4, 0.5) is 5.13 Å². The zero-order valence-corrected chi connectivity index (χ0v) is 22.5. The third kappa shape index (κ3) is 5.68. The van der Waals surface area contributed by atoms with Crippen LogP contribution in [0.2, 0.25) is 0 Å². The van der Waals surface area contributed by atoms with Crippen LogP contribution in [0.15, 0.2) is 71.9 Å². The molecule has 188 valence electrons. The van der Waals surface area contributed by atoms with Gasteiger partial charge in [0.1, 0.15) is 11.6 Å². The van der Waals surface area contributed by atoms with Crippen LogP contribution in [-0.4, -0.2) is 38.0 Å². The number of amides is 1. The first-order chi connectivity index (χ1) is 18.0. The number of hydrogen-bond acceptors (Lipinski definition) is 7. The van der Waals surface area contributed by atoms with E-state index in [1.807, 2.05) is 61.9 Å². The van der Waals surface area contributed by atoms with E-state index in [9.17, 15) is 4.79 Å². The number of nitrogens with zero attached hydrogens (tertiary/aromatic N) is 4. The fraction of sp³-hybridized carbons (Fsp3) is 0.214. The quantitative estimate of drug-likeness (QED) is 0.232. The predicted molar refractivity (Wildman–Crippen MR) is 151 cm³/mol. The maximum Gasteiger partial charge on any atom is 0.236 e. The van der Waals surface area contributed by atoms with Gasteiger partial charge in [-0.3, -0.25) is 4.79 Å². The second-order valence-electron chi connectivity index (χ2n) is 8.49. The van der Waals surface area contributed by atoms with Crippen molar-refractivity contribution in [2.75, 3.05) is 17.7 Å². The van der Waals surface area contributed by atoms with Gasteiger partial charge in [-0.1, -0.05) is 54.2 Å². The van der Waals surface area contributed by atoms with Gasteiger partial charge in [0, 0.05) is 23.9 Å². The second kappa shape index (κ2) is 11.1. The maximum atomic E-state index is 12.7. The van der Waals surface area contributed by atoms with Gasteiger partial charge in [0.25, 0.3) is 0 Å². The van der Waals surface area contributed by atoms with E-state index >= 15 is 0 Å². The molecule has 0 radical (unpaired) electrons. The van der Waals surface area contributed by atoms with Crippen LogP contribution >= 0.6 is 23.1 Å². The van der Waals surface area contributed by atoms with Crippen LogP contribution in [0, 0.1) is 6.92 Å². The molecule has 5 rings (SSSR count). The smallest absolute Gasteiger partial charge is 0.236 e. The summed E-state index contributed by atoms with van der Waals surface area (Å²) in [6, 6.07) is 22.5. The number of fused-ring (bicyclic) bond motifs is 1. The summed E-state index contributed by atoms with van der Waals surface area (Å²) in [5, 5.41) is 15.3. The first-order valence-electron chi connectivity index (χ1n) is 12.0. The SMILES string of the molecule is CCOc1ccc(-c2nc(NC(=O)CSc3nnc(Cc4cccc5ccccc45)n3C)sc2C)cc1. The van der Waals surface area contributed by atoms with Gasteiger partial charge in [-0.15, -0.1) is 21.5 Å². The van der Waals surface area contributed by atoms with Gasteiger partial charge in [0.2, 0.25) is 5.91 Å². The van der Waals surface area contributed by atoms with Crippen molar-refractivity contribution in [1.29, 1.82) is 0 Å². The molecular weight excluding hydrogens is 502 g/mol. The standard InChI is InChI=1S/C28H27N5O2S2/c1-4-35-22-14-12-20(13-15-22)26-18(2)37-27(30-26)29-25(34)17-36-28-32-31-24(33(28)3)16-21-10-7-9-19-8-5-6-11-23(19)21/h5-15H,4,16-17H2,1-3H3,(H,29,30,34). The maximum absolute atomic E-state index is 12.7. The van der Waals surface area contributed by atoms with E-state index in [4.69, 9.17) is 4.74 Å². The molecule has 0 unspecified atom stereocenters. The van der Waals surface area contributed by atoms with E-state index in [0.717, 1.165) is 27.7 Å². The largest absolute Gasteiger partial charge is 0.494 e. The van der Waals surface area contributed by atoms with E-state index in [-0.39, 0.29) is 11.7 Å². The number of ether oxygens (including phenoxy) is 1. The third-order valence-corrected chi connectivity index (χ3v) is 7.87. The number of anilines is 1. The molecule has 0 saturated carbocycles. The third-order valence-electron chi connectivity index (χ3n) is 5.97. The number of hydrogen-bond donors (Lipinski definition) is 1. The Bertz CT molecular complexity index is 1540. The molecule has 5 aromatic rings. The molecule has 0 bridgehead atoms. The number of carbonyl (C=O) groups excluding carboxylic acids is 1. The summed E-state index contributed by atoms with van der Waals surface area (Å²) in [7, 11) is 1.94. The van der Waals surface area contributed by atoms with Gasteiger partial charge in [-0.05, 0) is 54.4 Å². The molecule has 3 aromatic carbocycles. The normalized spacial score (nSPS) is 11.1. The van der Waals surface area contributed by atoms with Gasteiger partial charge in [0.05, 0.1) is 18.1 Å². The zero-order valence-electron chi connectivity index (χ0n) is 20.9. The lowest BCUT2D eigenvalue weighted by atomic mass is 10.0. The second-order valence-corrected chi connectivity index (χ2v) is 10.6. The lowest BCUT2D eigenvalue weighted by Crippen LogP contribution is -2.14. The van der Waals surface area contributed by atoms with Crippen molar-refractivity contribution in [2.45, 2.75) is 25.4 Å². The highest BCUT2D eigenvalue weighted by atomic mass is 32.2. The molecule has 0 aliphatic heterocycles. The Morgan fingerprint density at radius 2 is 1.84 bits per heavy atom. The Labute approximate surface area is 223 Å². The van der Waals surface area contributed by atoms with E-state index in [2.05, 4.69) is 50.8 Å². The highest BCUT2D eigenvalue weighted by molar-refractivity contribution is 7.99. The van der Waals surface area contributed by atoms with Crippen LogP contribution in [0.3, 0.4) is 0 Å². The lowest BCUT2D eigenvalue weighted by Gasteiger charge is -2.07. The molecule has 2 aromatic heterocycles. The lowest BCUT2D eigenvalue weighted by molar-refractivity contribution is -0.113. The molecule has 1 N–H and O–H groups in total. The average molecular weight is 530 g/mol. The minimum absolute atomic E-state index is 0.129. The molecule has 1 amide bonds. The van der Waals surface area contributed by atoms with E-state index in [0.29, 0.717) is 23.3 Å². The number of rotatable bonds is 9. The van der Waals surface area contributed by atoms with Crippen LogP contribution in [0.5, 0.6) is 5.75 Å². The number of thiazole rings is 1. The minimum atomic E-state index is -0.129. The van der Waals surface area contributed by atoms with E-state index in [1.165, 1.54) is 39.4 Å². The summed E-state index contributed by atoms with van der Waals surface area (Å²) in [6.45, 7) is 4.59. The molecule has 0 saturated heterocycles. The molecule has 2 heterocycles. The van der Waals surface area contributed by atoms with Crippen molar-refractivity contribution < 1.29 is 9.53 Å². The highest BCUT2D eigenvalue weighted by Gasteiger charge is 2.15. The molecule has 37 heavy (non-hydrogen) atoms. The van der Waals surface area contributed by atoms with Crippen LogP contribution in [0.1, 0.15) is 23.2 Å². The van der Waals surface area contributed by atoms with Gasteiger partial charge in [-0.25, -0.2) is 4.98 Å². The Morgan fingerprint density at radius 3 is 2.65 bits per heavy atom. The number of thioether (sulfide) groups is 1. The number of benzene rings is 3. The predicted octanol–water partition coefficient (Wildman–Crippen LogP) is 6.12. The Kier molecular flexibility index (Phi) is 7.52. The molecule has 0 fully saturated rings. The Balaban J connectivity index is 1.21. The summed E-state index contributed by atoms with van der Waals surface area (Å²) < 4.78 is 7.47. The average Bonchev–Trinajstić information content (AvgIpc) is 3.45. The van der Waals surface area contributed by atoms with Gasteiger partial charge in [0.15, 0.2) is 10.3 Å². The fourth-order valence-corrected chi connectivity index (χ4v) is 5.70. The van der Waals surface area contributed by atoms with Crippen molar-refractivity contribution >= 4 is 44.9 Å². The first-order valence-corrected chi connectivity index (χ1v) is 13.8. The summed E-state index contributed by atoms with van der Waals surface area (Å²) in [5.41, 5.74) is 3.05. The zero-order chi connectivity index (χ0) is 25.8. The van der Waals surface area contributed by atoms with Gasteiger partial charge >= 0.3 is 0 Å². The summed E-state index contributed by atoms with van der Waals surface area (Å²) in [4.78, 5) is 18.4. The number of nitrogens with one attached hydrogen (secondary N) is 1. The van der Waals surface area contributed by atoms with E-state index < -0.39 is 0 Å². The molecule has 7 nitrogen and oxygen atoms in total. The minimum Gasteiger partial charge on any atom is -0.494 e. The number of aryl methyl sites for hydroxylation is 1. The summed E-state index contributed by atoms with van der Waals surface area (Å²) >= 11 is 2.83. The van der Waals surface area contributed by atoms with Crippen LogP contribution < -0.4 is 10.1 Å². The monoisotopic (exact) mass is 529 g/mol. The molecule has 0 aliphatic rings. The van der Waals surface area contributed by atoms with Crippen molar-refractivity contribution in [3.63, 3.8) is 0 Å². The van der Waals surface area contributed by atoms with Gasteiger partial charge in [-0.2, -0.15) is 0 Å². The van der Waals surface area contributed by atoms with E-state index in [1.54, 1.807) is 0 Å². The van der Waals surface area contributed by atoms with Crippen molar-refractivity contribution in [3.05, 3.63) is 83.0 Å². The fourth-order valence-electron chi connectivity index (χ4n) is 4.12. The van der Waals surface area contributed by atoms with Crippen LogP contribution in [-0.2, 0) is 18.3 Å². The van der Waals surface area contributed by atoms with Crippen molar-refractivity contribution in [2.24, 2.45) is 7.05 Å². The Hall–Kier alpha value is -3.69. The number of aromatic nitrogens is 4. The van der Waals surface area contributed by atoms with Gasteiger partial charge < -0.3 is 14.6 Å². The van der Waals surface area contributed by atoms with Crippen LogP contribution in [0.25, 0.3) is 22.0 Å². The molecule has 0 spiro atoms. The summed E-state index contributed by atoms with van der Waals surface area (Å²) in [6.07, 6.45) is 0.671. The summed E-state index contributed by atoms with van der Waals surface area (Å²) in [5.74, 6) is 1.77. The first kappa shape index (κ1) is 25.0. The number of carbonyl (C=O) groups is 1. The Morgan fingerprint density at radius 1 is 1.05 bits per heavy atom.